The van der Waals surface area contributed by atoms with Crippen LogP contribution in [0, 0.1) is 0 Å². The van der Waals surface area contributed by atoms with Crippen LogP contribution in [0.4, 0.5) is 5.69 Å². The molecule has 1 aliphatic rings. The van der Waals surface area contributed by atoms with Crippen LogP contribution in [0.5, 0.6) is 5.75 Å². The van der Waals surface area contributed by atoms with Gasteiger partial charge in [0.05, 0.1) is 12.7 Å². The first-order valence-corrected chi connectivity index (χ1v) is 10.2. The maximum atomic E-state index is 12.5. The van der Waals surface area contributed by atoms with Gasteiger partial charge in [-0.3, -0.25) is 4.79 Å². The summed E-state index contributed by atoms with van der Waals surface area (Å²) in [4.78, 5) is 28.7. The molecule has 2 aromatic carbocycles. The van der Waals surface area contributed by atoms with Gasteiger partial charge in [-0.2, -0.15) is 0 Å². The van der Waals surface area contributed by atoms with Gasteiger partial charge in [-0.25, -0.2) is 4.79 Å². The van der Waals surface area contributed by atoms with Crippen LogP contribution < -0.4 is 9.64 Å². The van der Waals surface area contributed by atoms with E-state index in [1.807, 2.05) is 36.4 Å². The predicted molar refractivity (Wildman–Crippen MR) is 117 cm³/mol. The van der Waals surface area contributed by atoms with E-state index in [9.17, 15) is 9.59 Å². The Labute approximate surface area is 178 Å². The van der Waals surface area contributed by atoms with Crippen molar-refractivity contribution >= 4 is 17.6 Å². The molecule has 0 bridgehead atoms. The second-order valence-electron chi connectivity index (χ2n) is 8.47. The average molecular weight is 411 g/mol. The third kappa shape index (κ3) is 5.32. The Hall–Kier alpha value is -3.02. The van der Waals surface area contributed by atoms with Gasteiger partial charge in [0.2, 0.25) is 0 Å². The summed E-state index contributed by atoms with van der Waals surface area (Å²) in [5.41, 5.74) is 2.73. The Morgan fingerprint density at radius 2 is 1.50 bits per heavy atom. The highest BCUT2D eigenvalue weighted by molar-refractivity contribution is 5.91. The molecule has 0 spiro atoms. The van der Waals surface area contributed by atoms with Crippen LogP contribution >= 0.6 is 0 Å². The minimum absolute atomic E-state index is 0.0202. The molecule has 0 aliphatic carbocycles. The molecule has 0 atom stereocenters. The standard InChI is InChI=1S/C24H30N2O4/c1-24(2,3)19-7-5-18(6-8-19)23(28)30-17-22(27)26-15-13-25(14-16-26)20-9-11-21(29-4)12-10-20/h5-12H,13-17H2,1-4H3. The molecule has 0 aromatic heterocycles. The smallest absolute Gasteiger partial charge is 0.338 e. The molecule has 1 saturated heterocycles. The summed E-state index contributed by atoms with van der Waals surface area (Å²) < 4.78 is 10.4. The fraction of sp³-hybridized carbons (Fsp3) is 0.417. The third-order valence-electron chi connectivity index (χ3n) is 5.38. The number of anilines is 1. The molecule has 1 heterocycles. The molecule has 1 aliphatic heterocycles. The van der Waals surface area contributed by atoms with Gasteiger partial charge >= 0.3 is 5.97 Å². The zero-order valence-corrected chi connectivity index (χ0v) is 18.2. The van der Waals surface area contributed by atoms with E-state index in [2.05, 4.69) is 25.7 Å². The van der Waals surface area contributed by atoms with Crippen molar-refractivity contribution in [2.24, 2.45) is 0 Å². The number of hydrogen-bond donors (Lipinski definition) is 0. The van der Waals surface area contributed by atoms with Crippen LogP contribution in [0.15, 0.2) is 48.5 Å². The van der Waals surface area contributed by atoms with Crippen molar-refractivity contribution in [1.29, 1.82) is 0 Å². The van der Waals surface area contributed by atoms with Gasteiger partial charge in [0.15, 0.2) is 6.61 Å². The number of piperazine rings is 1. The molecule has 1 fully saturated rings. The van der Waals surface area contributed by atoms with Gasteiger partial charge in [-0.15, -0.1) is 0 Å². The van der Waals surface area contributed by atoms with Crippen LogP contribution in [0.1, 0.15) is 36.7 Å². The number of nitrogens with zero attached hydrogens (tertiary/aromatic N) is 2. The Morgan fingerprint density at radius 1 is 0.900 bits per heavy atom. The van der Waals surface area contributed by atoms with Gasteiger partial charge in [0.25, 0.3) is 5.91 Å². The molecule has 160 valence electrons. The molecule has 3 rings (SSSR count). The van der Waals surface area contributed by atoms with E-state index in [1.165, 1.54) is 0 Å². The van der Waals surface area contributed by atoms with E-state index in [-0.39, 0.29) is 17.9 Å². The van der Waals surface area contributed by atoms with Crippen LogP contribution in [-0.2, 0) is 14.9 Å². The SMILES string of the molecule is COc1ccc(N2CCN(C(=O)COC(=O)c3ccc(C(C)(C)C)cc3)CC2)cc1. The zero-order chi connectivity index (χ0) is 21.7. The van der Waals surface area contributed by atoms with Crippen molar-refractivity contribution in [2.45, 2.75) is 26.2 Å². The lowest BCUT2D eigenvalue weighted by Gasteiger charge is -2.36. The molecule has 30 heavy (non-hydrogen) atoms. The first kappa shape index (κ1) is 21.7. The van der Waals surface area contributed by atoms with E-state index >= 15 is 0 Å². The molecular weight excluding hydrogens is 380 g/mol. The molecule has 6 heteroatoms. The zero-order valence-electron chi connectivity index (χ0n) is 18.2. The van der Waals surface area contributed by atoms with E-state index < -0.39 is 5.97 Å². The first-order valence-electron chi connectivity index (χ1n) is 10.2. The highest BCUT2D eigenvalue weighted by atomic mass is 16.5. The summed E-state index contributed by atoms with van der Waals surface area (Å²) in [6, 6.07) is 15.3. The van der Waals surface area contributed by atoms with Crippen molar-refractivity contribution in [3.05, 3.63) is 59.7 Å². The van der Waals surface area contributed by atoms with Crippen molar-refractivity contribution in [1.82, 2.24) is 4.90 Å². The summed E-state index contributed by atoms with van der Waals surface area (Å²) >= 11 is 0. The van der Waals surface area contributed by atoms with Gasteiger partial charge in [-0.05, 0) is 47.4 Å². The number of amides is 1. The van der Waals surface area contributed by atoms with Gasteiger partial charge in [-0.1, -0.05) is 32.9 Å². The number of carbonyl (C=O) groups is 2. The maximum Gasteiger partial charge on any atom is 0.338 e. The quantitative estimate of drug-likeness (QED) is 0.706. The minimum atomic E-state index is -0.472. The number of esters is 1. The second kappa shape index (κ2) is 9.20. The summed E-state index contributed by atoms with van der Waals surface area (Å²) in [6.45, 7) is 8.79. The number of methoxy groups -OCH3 is 1. The maximum absolute atomic E-state index is 12.5. The largest absolute Gasteiger partial charge is 0.497 e. The van der Waals surface area contributed by atoms with E-state index in [0.717, 1.165) is 30.1 Å². The number of carbonyl (C=O) groups excluding carboxylic acids is 2. The number of ether oxygens (including phenoxy) is 2. The molecule has 0 N–H and O–H groups in total. The summed E-state index contributed by atoms with van der Waals surface area (Å²) in [5, 5.41) is 0. The van der Waals surface area contributed by atoms with E-state index in [0.29, 0.717) is 18.7 Å². The monoisotopic (exact) mass is 410 g/mol. The van der Waals surface area contributed by atoms with Crippen molar-refractivity contribution in [3.8, 4) is 5.75 Å². The lowest BCUT2D eigenvalue weighted by molar-refractivity contribution is -0.134. The molecule has 6 nitrogen and oxygen atoms in total. The number of hydrogen-bond acceptors (Lipinski definition) is 5. The lowest BCUT2D eigenvalue weighted by Crippen LogP contribution is -2.49. The lowest BCUT2D eigenvalue weighted by atomic mass is 9.87. The van der Waals surface area contributed by atoms with Gasteiger partial charge < -0.3 is 19.3 Å². The summed E-state index contributed by atoms with van der Waals surface area (Å²) in [7, 11) is 1.65. The highest BCUT2D eigenvalue weighted by Crippen LogP contribution is 2.23. The minimum Gasteiger partial charge on any atom is -0.497 e. The van der Waals surface area contributed by atoms with Crippen molar-refractivity contribution < 1.29 is 19.1 Å². The molecule has 1 amide bonds. The average Bonchev–Trinajstić information content (AvgIpc) is 2.77. The molecular formula is C24H30N2O4. The van der Waals surface area contributed by atoms with Crippen LogP contribution in [-0.4, -0.2) is 56.7 Å². The Kier molecular flexibility index (Phi) is 6.65. The normalized spacial score (nSPS) is 14.4. The van der Waals surface area contributed by atoms with Gasteiger partial charge in [0.1, 0.15) is 5.75 Å². The summed E-state index contributed by atoms with van der Waals surface area (Å²) in [5.74, 6) is 0.187. The Bertz CT molecular complexity index is 862. The molecule has 2 aromatic rings. The van der Waals surface area contributed by atoms with Crippen LogP contribution in [0.2, 0.25) is 0 Å². The molecule has 0 saturated carbocycles. The van der Waals surface area contributed by atoms with Crippen LogP contribution in [0.3, 0.4) is 0 Å². The van der Waals surface area contributed by atoms with E-state index in [4.69, 9.17) is 9.47 Å². The van der Waals surface area contributed by atoms with E-state index in [1.54, 1.807) is 24.1 Å². The molecule has 0 radical (unpaired) electrons. The van der Waals surface area contributed by atoms with Crippen LogP contribution in [0.25, 0.3) is 0 Å². The molecule has 0 unspecified atom stereocenters. The second-order valence-corrected chi connectivity index (χ2v) is 8.47. The van der Waals surface area contributed by atoms with Gasteiger partial charge in [0, 0.05) is 31.9 Å². The number of benzene rings is 2. The summed E-state index contributed by atoms with van der Waals surface area (Å²) in [6.07, 6.45) is 0. The van der Waals surface area contributed by atoms with Crippen molar-refractivity contribution in [3.63, 3.8) is 0 Å². The third-order valence-corrected chi connectivity index (χ3v) is 5.38. The predicted octanol–water partition coefficient (Wildman–Crippen LogP) is 3.50. The topological polar surface area (TPSA) is 59.1 Å². The first-order chi connectivity index (χ1) is 14.3. The number of rotatable bonds is 5. The Balaban J connectivity index is 1.47. The van der Waals surface area contributed by atoms with Crippen molar-refractivity contribution in [2.75, 3.05) is 44.8 Å². The highest BCUT2D eigenvalue weighted by Gasteiger charge is 2.23. The fourth-order valence-corrected chi connectivity index (χ4v) is 3.42. The fourth-order valence-electron chi connectivity index (χ4n) is 3.42. The Morgan fingerprint density at radius 3 is 2.03 bits per heavy atom.